The van der Waals surface area contributed by atoms with E-state index in [0.29, 0.717) is 6.42 Å². The molecule has 0 saturated heterocycles. The summed E-state index contributed by atoms with van der Waals surface area (Å²) in [5.41, 5.74) is 14.1. The van der Waals surface area contributed by atoms with Gasteiger partial charge in [-0.25, -0.2) is 4.79 Å². The number of unbranched alkanes of at least 4 members (excludes halogenated alkanes) is 2. The van der Waals surface area contributed by atoms with Crippen molar-refractivity contribution in [2.75, 3.05) is 5.73 Å². The largest absolute Gasteiger partial charge is 0.398 e. The van der Waals surface area contributed by atoms with Gasteiger partial charge in [0, 0.05) is 17.0 Å². The Morgan fingerprint density at radius 3 is 2.80 bits per heavy atom. The number of esters is 2. The van der Waals surface area contributed by atoms with E-state index in [-0.39, 0.29) is 23.4 Å². The number of ether oxygens (including phenoxy) is 1. The van der Waals surface area contributed by atoms with Crippen LogP contribution < -0.4 is 5.73 Å². The van der Waals surface area contributed by atoms with E-state index >= 15 is 0 Å². The highest BCUT2D eigenvalue weighted by Gasteiger charge is 2.18. The Kier molecular flexibility index (Phi) is 6.06. The molecule has 0 aliphatic carbocycles. The fourth-order valence-electron chi connectivity index (χ4n) is 1.64. The van der Waals surface area contributed by atoms with Crippen molar-refractivity contribution in [3.8, 4) is 0 Å². The van der Waals surface area contributed by atoms with Gasteiger partial charge in [0.25, 0.3) is 0 Å². The van der Waals surface area contributed by atoms with Gasteiger partial charge in [-0.3, -0.25) is 4.79 Å². The molecule has 0 aliphatic rings. The third-order valence-corrected chi connectivity index (χ3v) is 2.62. The van der Waals surface area contributed by atoms with Crippen molar-refractivity contribution in [2.45, 2.75) is 32.6 Å². The summed E-state index contributed by atoms with van der Waals surface area (Å²) in [6.07, 6.45) is 2.69. The summed E-state index contributed by atoms with van der Waals surface area (Å²) < 4.78 is 4.71. The number of hydrogen-bond acceptors (Lipinski definition) is 5. The van der Waals surface area contributed by atoms with Gasteiger partial charge in [0.05, 0.1) is 11.3 Å². The normalized spacial score (nSPS) is 9.65. The molecular weight excluding hydrogens is 260 g/mol. The number of rotatable bonds is 6. The van der Waals surface area contributed by atoms with Crippen LogP contribution in [0, 0.1) is 0 Å². The van der Waals surface area contributed by atoms with Gasteiger partial charge in [-0.1, -0.05) is 37.0 Å². The summed E-state index contributed by atoms with van der Waals surface area (Å²) >= 11 is 0. The molecule has 0 unspecified atom stereocenters. The molecule has 106 valence electrons. The Morgan fingerprint density at radius 2 is 2.15 bits per heavy atom. The lowest BCUT2D eigenvalue weighted by Crippen LogP contribution is -2.14. The van der Waals surface area contributed by atoms with Gasteiger partial charge >= 0.3 is 11.9 Å². The molecule has 0 fully saturated rings. The number of anilines is 1. The smallest absolute Gasteiger partial charge is 0.348 e. The number of benzene rings is 1. The highest BCUT2D eigenvalue weighted by atomic mass is 16.6. The van der Waals surface area contributed by atoms with Gasteiger partial charge in [0.15, 0.2) is 0 Å². The number of carbonyl (C=O) groups is 2. The van der Waals surface area contributed by atoms with Crippen LogP contribution in [0.2, 0.25) is 0 Å². The van der Waals surface area contributed by atoms with E-state index in [9.17, 15) is 9.59 Å². The van der Waals surface area contributed by atoms with E-state index in [1.165, 1.54) is 12.1 Å². The summed E-state index contributed by atoms with van der Waals surface area (Å²) in [6, 6.07) is 4.43. The highest BCUT2D eigenvalue weighted by Crippen LogP contribution is 2.26. The average Bonchev–Trinajstić information content (AvgIpc) is 2.39. The third-order valence-electron chi connectivity index (χ3n) is 2.62. The predicted octanol–water partition coefficient (Wildman–Crippen LogP) is 3.47. The monoisotopic (exact) mass is 276 g/mol. The lowest BCUT2D eigenvalue weighted by Gasteiger charge is -2.07. The van der Waals surface area contributed by atoms with Gasteiger partial charge in [-0.05, 0) is 18.0 Å². The number of nitrogen functional groups attached to an aromatic ring is 1. The first-order valence-electron chi connectivity index (χ1n) is 6.28. The van der Waals surface area contributed by atoms with Crippen molar-refractivity contribution < 1.29 is 14.3 Å². The minimum Gasteiger partial charge on any atom is -0.398 e. The topological polar surface area (TPSA) is 118 Å². The Bertz CT molecular complexity index is 551. The summed E-state index contributed by atoms with van der Waals surface area (Å²) in [5.74, 6) is -1.51. The first kappa shape index (κ1) is 15.5. The third kappa shape index (κ3) is 4.29. The van der Waals surface area contributed by atoms with Crippen LogP contribution in [0.15, 0.2) is 23.3 Å². The first-order chi connectivity index (χ1) is 9.60. The maximum absolute atomic E-state index is 11.9. The van der Waals surface area contributed by atoms with Crippen LogP contribution in [0.3, 0.4) is 0 Å². The molecule has 0 bridgehead atoms. The number of azide groups is 1. The summed E-state index contributed by atoms with van der Waals surface area (Å²) in [6.45, 7) is 2.01. The molecule has 0 atom stereocenters. The second kappa shape index (κ2) is 7.81. The van der Waals surface area contributed by atoms with E-state index in [0.717, 1.165) is 12.8 Å². The van der Waals surface area contributed by atoms with Crippen molar-refractivity contribution in [1.82, 2.24) is 0 Å². The molecule has 0 spiro atoms. The first-order valence-corrected chi connectivity index (χ1v) is 6.28. The fraction of sp³-hybridized carbons (Fsp3) is 0.385. The maximum Gasteiger partial charge on any atom is 0.348 e. The van der Waals surface area contributed by atoms with Gasteiger partial charge in [-0.2, -0.15) is 0 Å². The Labute approximate surface area is 116 Å². The van der Waals surface area contributed by atoms with E-state index in [1.807, 2.05) is 6.92 Å². The Hall–Kier alpha value is -2.53. The van der Waals surface area contributed by atoms with E-state index in [2.05, 4.69) is 10.0 Å². The lowest BCUT2D eigenvalue weighted by atomic mass is 10.1. The van der Waals surface area contributed by atoms with Crippen LogP contribution in [0.4, 0.5) is 11.4 Å². The molecule has 2 N–H and O–H groups in total. The van der Waals surface area contributed by atoms with Crippen LogP contribution in [0.5, 0.6) is 0 Å². The fourth-order valence-corrected chi connectivity index (χ4v) is 1.64. The van der Waals surface area contributed by atoms with E-state index in [1.54, 1.807) is 6.07 Å². The summed E-state index contributed by atoms with van der Waals surface area (Å²) in [5, 5.41) is 3.36. The molecule has 0 saturated carbocycles. The predicted molar refractivity (Wildman–Crippen MR) is 74.2 cm³/mol. The minimum atomic E-state index is -0.896. The summed E-state index contributed by atoms with van der Waals surface area (Å²) in [4.78, 5) is 26.0. The van der Waals surface area contributed by atoms with Crippen LogP contribution >= 0.6 is 0 Å². The zero-order chi connectivity index (χ0) is 15.0. The van der Waals surface area contributed by atoms with Crippen LogP contribution in [0.25, 0.3) is 10.4 Å². The highest BCUT2D eigenvalue weighted by molar-refractivity contribution is 6.04. The van der Waals surface area contributed by atoms with Gasteiger partial charge in [0.1, 0.15) is 0 Å². The number of nitrogens with zero attached hydrogens (tertiary/aromatic N) is 3. The number of hydrogen-bond donors (Lipinski definition) is 1. The quantitative estimate of drug-likeness (QED) is 0.163. The summed E-state index contributed by atoms with van der Waals surface area (Å²) in [7, 11) is 0. The number of nitrogens with two attached hydrogens (primary N) is 1. The molecule has 1 aromatic rings. The lowest BCUT2D eigenvalue weighted by molar-refractivity contribution is -0.138. The van der Waals surface area contributed by atoms with Crippen LogP contribution in [-0.2, 0) is 9.53 Å². The van der Waals surface area contributed by atoms with E-state index < -0.39 is 11.9 Å². The van der Waals surface area contributed by atoms with Crippen molar-refractivity contribution in [1.29, 1.82) is 0 Å². The molecule has 1 aromatic carbocycles. The molecule has 0 radical (unpaired) electrons. The van der Waals surface area contributed by atoms with Crippen molar-refractivity contribution in [3.63, 3.8) is 0 Å². The Balaban J connectivity index is 2.82. The second-order valence-electron chi connectivity index (χ2n) is 4.15. The van der Waals surface area contributed by atoms with Gasteiger partial charge in [-0.15, -0.1) is 0 Å². The van der Waals surface area contributed by atoms with Crippen LogP contribution in [-0.4, -0.2) is 11.9 Å². The number of carbonyl (C=O) groups excluding carboxylic acids is 2. The molecule has 7 heteroatoms. The van der Waals surface area contributed by atoms with Gasteiger partial charge < -0.3 is 10.5 Å². The maximum atomic E-state index is 11.9. The van der Waals surface area contributed by atoms with Crippen molar-refractivity contribution >= 4 is 23.3 Å². The standard InChI is InChI=1S/C13H16N4O3/c1-2-3-4-8-11(18)20-13(19)12-9(14)6-5-7-10(12)16-17-15/h5-7H,2-4,8,14H2,1H3. The molecule has 0 amide bonds. The molecule has 1 rings (SSSR count). The molecule has 7 nitrogen and oxygen atoms in total. The molecular formula is C13H16N4O3. The minimum absolute atomic E-state index is 0.0406. The molecule has 20 heavy (non-hydrogen) atoms. The average molecular weight is 276 g/mol. The van der Waals surface area contributed by atoms with E-state index in [4.69, 9.17) is 16.0 Å². The molecule has 0 heterocycles. The zero-order valence-electron chi connectivity index (χ0n) is 11.2. The zero-order valence-corrected chi connectivity index (χ0v) is 11.2. The SMILES string of the molecule is CCCCCC(=O)OC(=O)c1c(N)cccc1N=[N+]=[N-]. The molecule has 0 aromatic heterocycles. The Morgan fingerprint density at radius 1 is 1.40 bits per heavy atom. The van der Waals surface area contributed by atoms with Gasteiger partial charge in [0.2, 0.25) is 0 Å². The molecule has 0 aliphatic heterocycles. The van der Waals surface area contributed by atoms with Crippen LogP contribution in [0.1, 0.15) is 43.0 Å². The second-order valence-corrected chi connectivity index (χ2v) is 4.15. The van der Waals surface area contributed by atoms with Crippen molar-refractivity contribution in [3.05, 3.63) is 34.2 Å². The van der Waals surface area contributed by atoms with Crippen molar-refractivity contribution in [2.24, 2.45) is 5.11 Å².